The maximum atomic E-state index is 11.6. The van der Waals surface area contributed by atoms with E-state index in [1.807, 2.05) is 12.1 Å². The number of ether oxygens (including phenoxy) is 1. The number of rotatable bonds is 3. The average molecular weight is 442 g/mol. The minimum Gasteiger partial charge on any atom is -0.475 e. The Balaban J connectivity index is 0.000000423. The van der Waals surface area contributed by atoms with Crippen LogP contribution in [0.4, 0.5) is 13.2 Å². The lowest BCUT2D eigenvalue weighted by atomic mass is 9.87. The largest absolute Gasteiger partial charge is 0.490 e. The van der Waals surface area contributed by atoms with Crippen LogP contribution >= 0.6 is 0 Å². The van der Waals surface area contributed by atoms with E-state index >= 15 is 0 Å². The quantitative estimate of drug-likeness (QED) is 0.703. The molecule has 0 fully saturated rings. The number of hydrogen-bond acceptors (Lipinski definition) is 6. The van der Waals surface area contributed by atoms with Crippen molar-refractivity contribution in [1.29, 1.82) is 0 Å². The van der Waals surface area contributed by atoms with Crippen molar-refractivity contribution in [3.8, 4) is 0 Å². The van der Waals surface area contributed by atoms with Crippen molar-refractivity contribution in [1.82, 2.24) is 20.1 Å². The molecule has 3 rings (SSSR count). The fourth-order valence-electron chi connectivity index (χ4n) is 3.12. The van der Waals surface area contributed by atoms with E-state index in [1.54, 1.807) is 6.07 Å². The Hall–Kier alpha value is -2.95. The number of pyridine rings is 1. The van der Waals surface area contributed by atoms with Crippen LogP contribution in [0.1, 0.15) is 53.9 Å². The highest BCUT2D eigenvalue weighted by Gasteiger charge is 2.38. The minimum absolute atomic E-state index is 0.0240. The van der Waals surface area contributed by atoms with E-state index in [-0.39, 0.29) is 5.41 Å². The number of nitrogens with one attached hydrogen (secondary N) is 1. The summed E-state index contributed by atoms with van der Waals surface area (Å²) in [5.41, 5.74) is 4.94. The molecule has 0 amide bonds. The van der Waals surface area contributed by atoms with E-state index < -0.39 is 18.1 Å². The van der Waals surface area contributed by atoms with Gasteiger partial charge in [0.2, 0.25) is 0 Å². The number of carbonyl (C=O) groups is 2. The fourth-order valence-corrected chi connectivity index (χ4v) is 3.12. The van der Waals surface area contributed by atoms with Gasteiger partial charge < -0.3 is 9.84 Å². The SMILES string of the molecule is COC(=O)c1cccc(CN2CCc3[nH]nc(C(C)(C)C)c3C2)n1.O=C(O)C(F)(F)F. The number of fused-ring (bicyclic) bond motifs is 1. The third-order valence-corrected chi connectivity index (χ3v) is 4.55. The lowest BCUT2D eigenvalue weighted by Crippen LogP contribution is -2.31. The molecule has 170 valence electrons. The van der Waals surface area contributed by atoms with E-state index in [4.69, 9.17) is 14.6 Å². The van der Waals surface area contributed by atoms with Gasteiger partial charge in [-0.25, -0.2) is 14.6 Å². The van der Waals surface area contributed by atoms with Crippen molar-refractivity contribution in [3.05, 3.63) is 46.5 Å². The number of aromatic nitrogens is 3. The summed E-state index contributed by atoms with van der Waals surface area (Å²) in [6.45, 7) is 9.06. The summed E-state index contributed by atoms with van der Waals surface area (Å²) in [5.74, 6) is -3.16. The molecular formula is C20H25F3N4O4. The van der Waals surface area contributed by atoms with Gasteiger partial charge in [-0.2, -0.15) is 18.3 Å². The molecule has 0 saturated carbocycles. The van der Waals surface area contributed by atoms with Gasteiger partial charge in [-0.15, -0.1) is 0 Å². The third-order valence-electron chi connectivity index (χ3n) is 4.55. The first-order valence-electron chi connectivity index (χ1n) is 9.46. The lowest BCUT2D eigenvalue weighted by molar-refractivity contribution is -0.192. The maximum Gasteiger partial charge on any atom is 0.490 e. The van der Waals surface area contributed by atoms with Gasteiger partial charge in [0.05, 0.1) is 18.5 Å². The Morgan fingerprint density at radius 1 is 1.26 bits per heavy atom. The van der Waals surface area contributed by atoms with Gasteiger partial charge in [0.15, 0.2) is 0 Å². The highest BCUT2D eigenvalue weighted by molar-refractivity contribution is 5.87. The molecule has 0 unspecified atom stereocenters. The van der Waals surface area contributed by atoms with Gasteiger partial charge in [-0.05, 0) is 12.1 Å². The molecule has 0 atom stereocenters. The van der Waals surface area contributed by atoms with Gasteiger partial charge in [-0.3, -0.25) is 10.00 Å². The number of carboxylic acids is 1. The molecule has 3 heterocycles. The summed E-state index contributed by atoms with van der Waals surface area (Å²) >= 11 is 0. The van der Waals surface area contributed by atoms with E-state index in [0.717, 1.165) is 30.9 Å². The van der Waals surface area contributed by atoms with Crippen LogP contribution in [0.5, 0.6) is 0 Å². The number of methoxy groups -OCH3 is 1. The summed E-state index contributed by atoms with van der Waals surface area (Å²) in [5, 5.41) is 14.9. The third kappa shape index (κ3) is 6.51. The van der Waals surface area contributed by atoms with Crippen LogP contribution in [-0.4, -0.2) is 57.0 Å². The van der Waals surface area contributed by atoms with Crippen molar-refractivity contribution >= 4 is 11.9 Å². The standard InChI is InChI=1S/C18H24N4O2.C2HF3O2/c1-18(2,3)16-13-11-22(9-8-14(13)20-21-16)10-12-6-5-7-15(19-12)17(23)24-4;3-2(4,5)1(6)7/h5-7H,8-11H2,1-4H3,(H,20,21);(H,6,7). The van der Waals surface area contributed by atoms with Crippen molar-refractivity contribution in [2.24, 2.45) is 0 Å². The van der Waals surface area contributed by atoms with Crippen molar-refractivity contribution in [2.75, 3.05) is 13.7 Å². The molecule has 0 saturated heterocycles. The molecule has 0 aromatic carbocycles. The number of nitrogens with zero attached hydrogens (tertiary/aromatic N) is 3. The molecule has 0 spiro atoms. The number of aliphatic carboxylic acids is 1. The first-order valence-corrected chi connectivity index (χ1v) is 9.46. The highest BCUT2D eigenvalue weighted by Crippen LogP contribution is 2.29. The Kier molecular flexibility index (Phi) is 7.42. The second kappa shape index (κ2) is 9.46. The summed E-state index contributed by atoms with van der Waals surface area (Å²) in [7, 11) is 1.37. The van der Waals surface area contributed by atoms with Gasteiger partial charge in [0.25, 0.3) is 0 Å². The predicted octanol–water partition coefficient (Wildman–Crippen LogP) is 3.08. The molecule has 0 aliphatic carbocycles. The van der Waals surface area contributed by atoms with E-state index in [9.17, 15) is 18.0 Å². The number of halogens is 3. The van der Waals surface area contributed by atoms with Crippen LogP contribution in [0.15, 0.2) is 18.2 Å². The topological polar surface area (TPSA) is 108 Å². The molecule has 0 bridgehead atoms. The number of aromatic amines is 1. The highest BCUT2D eigenvalue weighted by atomic mass is 19.4. The Labute approximate surface area is 177 Å². The molecule has 31 heavy (non-hydrogen) atoms. The van der Waals surface area contributed by atoms with Crippen LogP contribution in [-0.2, 0) is 34.5 Å². The predicted molar refractivity (Wildman–Crippen MR) is 104 cm³/mol. The van der Waals surface area contributed by atoms with Gasteiger partial charge in [-0.1, -0.05) is 26.8 Å². The maximum absolute atomic E-state index is 11.6. The first-order chi connectivity index (χ1) is 14.3. The Morgan fingerprint density at radius 2 is 1.90 bits per heavy atom. The number of alkyl halides is 3. The zero-order chi connectivity index (χ0) is 23.4. The molecule has 8 nitrogen and oxygen atoms in total. The first kappa shape index (κ1) is 24.3. The molecule has 11 heteroatoms. The zero-order valence-electron chi connectivity index (χ0n) is 17.7. The number of H-pyrrole nitrogens is 1. The number of carboxylic acid groups (broad SMARTS) is 1. The lowest BCUT2D eigenvalue weighted by Gasteiger charge is -2.28. The van der Waals surface area contributed by atoms with Crippen molar-refractivity contribution in [2.45, 2.75) is 51.9 Å². The molecule has 1 aliphatic rings. The average Bonchev–Trinajstić information content (AvgIpc) is 3.11. The van der Waals surface area contributed by atoms with Crippen LogP contribution in [0, 0.1) is 0 Å². The van der Waals surface area contributed by atoms with Crippen LogP contribution in [0.3, 0.4) is 0 Å². The summed E-state index contributed by atoms with van der Waals surface area (Å²) in [6.07, 6.45) is -4.13. The van der Waals surface area contributed by atoms with E-state index in [0.29, 0.717) is 12.2 Å². The van der Waals surface area contributed by atoms with E-state index in [1.165, 1.54) is 18.4 Å². The van der Waals surface area contributed by atoms with Crippen LogP contribution < -0.4 is 0 Å². The minimum atomic E-state index is -5.08. The van der Waals surface area contributed by atoms with Crippen LogP contribution in [0.2, 0.25) is 0 Å². The molecule has 2 aromatic heterocycles. The molecule has 2 aromatic rings. The molecule has 0 radical (unpaired) electrons. The Morgan fingerprint density at radius 3 is 2.45 bits per heavy atom. The van der Waals surface area contributed by atoms with Crippen molar-refractivity contribution < 1.29 is 32.6 Å². The Bertz CT molecular complexity index is 935. The van der Waals surface area contributed by atoms with Gasteiger partial charge >= 0.3 is 18.1 Å². The summed E-state index contributed by atoms with van der Waals surface area (Å²) < 4.78 is 36.5. The summed E-state index contributed by atoms with van der Waals surface area (Å²) in [4.78, 5) is 27.3. The number of esters is 1. The van der Waals surface area contributed by atoms with E-state index in [2.05, 4.69) is 40.9 Å². The zero-order valence-corrected chi connectivity index (χ0v) is 17.7. The van der Waals surface area contributed by atoms with Gasteiger partial charge in [0.1, 0.15) is 5.69 Å². The molecule has 1 aliphatic heterocycles. The second-order valence-corrected chi connectivity index (χ2v) is 8.05. The molecule has 2 N–H and O–H groups in total. The number of carbonyl (C=O) groups excluding carboxylic acids is 1. The monoisotopic (exact) mass is 442 g/mol. The normalized spacial score (nSPS) is 14.3. The van der Waals surface area contributed by atoms with Crippen molar-refractivity contribution in [3.63, 3.8) is 0 Å². The smallest absolute Gasteiger partial charge is 0.475 e. The fraction of sp³-hybridized carbons (Fsp3) is 0.500. The van der Waals surface area contributed by atoms with Gasteiger partial charge in [0, 0.05) is 42.7 Å². The summed E-state index contributed by atoms with van der Waals surface area (Å²) in [6, 6.07) is 5.47. The number of hydrogen-bond donors (Lipinski definition) is 2. The second-order valence-electron chi connectivity index (χ2n) is 8.05. The molecular weight excluding hydrogens is 417 g/mol. The van der Waals surface area contributed by atoms with Crippen LogP contribution in [0.25, 0.3) is 0 Å².